The van der Waals surface area contributed by atoms with Crippen molar-refractivity contribution in [2.24, 2.45) is 11.8 Å². The normalized spacial score (nSPS) is 28.4. The number of anilines is 1. The summed E-state index contributed by atoms with van der Waals surface area (Å²) in [4.78, 5) is 48.5. The smallest absolute Gasteiger partial charge is 0.247 e. The van der Waals surface area contributed by atoms with Gasteiger partial charge >= 0.3 is 0 Å². The van der Waals surface area contributed by atoms with Crippen LogP contribution >= 0.6 is 27.7 Å². The van der Waals surface area contributed by atoms with E-state index in [2.05, 4.69) is 36.0 Å². The van der Waals surface area contributed by atoms with E-state index in [0.717, 1.165) is 18.6 Å². The average Bonchev–Trinajstić information content (AvgIpc) is 3.56. The second-order valence-corrected chi connectivity index (χ2v) is 14.1. The van der Waals surface area contributed by atoms with Gasteiger partial charge in [-0.25, -0.2) is 0 Å². The number of carbonyl (C=O) groups is 3. The molecule has 1 spiro atoms. The molecule has 3 fully saturated rings. The predicted molar refractivity (Wildman–Crippen MR) is 172 cm³/mol. The van der Waals surface area contributed by atoms with E-state index in [9.17, 15) is 19.5 Å². The average molecular weight is 663 g/mol. The molecule has 1 aromatic carbocycles. The van der Waals surface area contributed by atoms with Crippen LogP contribution < -0.4 is 9.64 Å². The first-order chi connectivity index (χ1) is 20.2. The lowest BCUT2D eigenvalue weighted by Crippen LogP contribution is -2.57. The SMILES string of the molecule is C=CCN(C(=O)[C@H]1[C@@H]2SC3(CC2Br)C(C(=O)N(CC=C)C(C)CCC)N(CCCO)C(=O)[C@H]13)c1ccc(OCC)cc1. The highest BCUT2D eigenvalue weighted by molar-refractivity contribution is 9.09. The molecule has 3 saturated heterocycles. The molecular weight excluding hydrogens is 618 g/mol. The number of benzene rings is 1. The van der Waals surface area contributed by atoms with Crippen LogP contribution in [0.1, 0.15) is 46.5 Å². The lowest BCUT2D eigenvalue weighted by atomic mass is 9.70. The van der Waals surface area contributed by atoms with E-state index in [1.165, 1.54) is 0 Å². The zero-order valence-corrected chi connectivity index (χ0v) is 27.3. The Bertz CT molecular complexity index is 1170. The molecule has 0 radical (unpaired) electrons. The third kappa shape index (κ3) is 5.78. The van der Waals surface area contributed by atoms with E-state index in [0.29, 0.717) is 38.2 Å². The van der Waals surface area contributed by atoms with Gasteiger partial charge in [0.05, 0.1) is 23.2 Å². The van der Waals surface area contributed by atoms with E-state index in [4.69, 9.17) is 4.74 Å². The van der Waals surface area contributed by atoms with Crippen molar-refractivity contribution < 1.29 is 24.2 Å². The quantitative estimate of drug-likeness (QED) is 0.217. The fraction of sp³-hybridized carbons (Fsp3) is 0.594. The van der Waals surface area contributed by atoms with Gasteiger partial charge in [0.25, 0.3) is 0 Å². The number of hydrogen-bond donors (Lipinski definition) is 1. The summed E-state index contributed by atoms with van der Waals surface area (Å²) in [7, 11) is 0. The maximum atomic E-state index is 14.5. The van der Waals surface area contributed by atoms with Gasteiger partial charge in [0.15, 0.2) is 0 Å². The zero-order chi connectivity index (χ0) is 30.6. The molecule has 0 saturated carbocycles. The number of hydrogen-bond acceptors (Lipinski definition) is 6. The summed E-state index contributed by atoms with van der Waals surface area (Å²) in [6, 6.07) is 6.65. The molecule has 3 amide bonds. The van der Waals surface area contributed by atoms with E-state index < -0.39 is 22.6 Å². The van der Waals surface area contributed by atoms with Crippen molar-refractivity contribution in [2.75, 3.05) is 37.7 Å². The van der Waals surface area contributed by atoms with Gasteiger partial charge in [0.1, 0.15) is 11.8 Å². The lowest BCUT2D eigenvalue weighted by Gasteiger charge is -2.40. The summed E-state index contributed by atoms with van der Waals surface area (Å²) in [5.74, 6) is -0.929. The Kier molecular flexibility index (Phi) is 10.9. The van der Waals surface area contributed by atoms with Crippen LogP contribution in [0.25, 0.3) is 0 Å². The number of amides is 3. The van der Waals surface area contributed by atoms with Crippen molar-refractivity contribution in [1.29, 1.82) is 0 Å². The Morgan fingerprint density at radius 2 is 1.90 bits per heavy atom. The van der Waals surface area contributed by atoms with Crippen molar-refractivity contribution in [3.8, 4) is 5.75 Å². The van der Waals surface area contributed by atoms with Gasteiger partial charge in [-0.1, -0.05) is 41.4 Å². The monoisotopic (exact) mass is 661 g/mol. The molecule has 1 aromatic rings. The third-order valence-electron chi connectivity index (χ3n) is 8.75. The van der Waals surface area contributed by atoms with Crippen LogP contribution in [-0.4, -0.2) is 92.4 Å². The molecule has 0 aliphatic carbocycles. The number of aliphatic hydroxyl groups is 1. The van der Waals surface area contributed by atoms with Crippen molar-refractivity contribution in [2.45, 2.75) is 73.4 Å². The molecule has 2 bridgehead atoms. The minimum absolute atomic E-state index is 0.0192. The Labute approximate surface area is 262 Å². The standard InChI is InChI=1S/C32H44BrN3O5S/c1-6-11-21(5)34(16-7-2)31(40)28-32-20-24(33)27(42-32)25(26(32)30(39)36(28)18-10-19-37)29(38)35(17-8-3)22-12-14-23(15-13-22)41-9-4/h7-8,12-15,21,24-28,37H,2-3,6,9-11,16-20H2,1,4-5H3/t21?,24?,25-,26+,27-,28?,32?/m1/s1. The van der Waals surface area contributed by atoms with Gasteiger partial charge in [0.2, 0.25) is 17.7 Å². The fourth-order valence-electron chi connectivity index (χ4n) is 7.05. The van der Waals surface area contributed by atoms with Crippen molar-refractivity contribution in [3.63, 3.8) is 0 Å². The number of halogens is 1. The van der Waals surface area contributed by atoms with Crippen LogP contribution in [0.2, 0.25) is 0 Å². The van der Waals surface area contributed by atoms with Crippen LogP contribution in [0.3, 0.4) is 0 Å². The molecular formula is C32H44BrN3O5S. The predicted octanol–water partition coefficient (Wildman–Crippen LogP) is 4.65. The second kappa shape index (κ2) is 14.0. The van der Waals surface area contributed by atoms with E-state index in [1.54, 1.807) is 33.7 Å². The first-order valence-electron chi connectivity index (χ1n) is 15.0. The number of alkyl halides is 1. The highest BCUT2D eigenvalue weighted by Gasteiger charge is 2.76. The fourth-order valence-corrected chi connectivity index (χ4v) is 10.7. The van der Waals surface area contributed by atoms with Crippen LogP contribution in [0.15, 0.2) is 49.6 Å². The molecule has 42 heavy (non-hydrogen) atoms. The minimum atomic E-state index is -0.743. The highest BCUT2D eigenvalue weighted by atomic mass is 79.9. The summed E-state index contributed by atoms with van der Waals surface area (Å²) >= 11 is 5.49. The summed E-state index contributed by atoms with van der Waals surface area (Å²) < 4.78 is 4.85. The molecule has 7 atom stereocenters. The Morgan fingerprint density at radius 3 is 2.50 bits per heavy atom. The molecule has 8 nitrogen and oxygen atoms in total. The lowest BCUT2D eigenvalue weighted by molar-refractivity contribution is -0.144. The maximum Gasteiger partial charge on any atom is 0.247 e. The van der Waals surface area contributed by atoms with Crippen LogP contribution in [0.4, 0.5) is 5.69 Å². The largest absolute Gasteiger partial charge is 0.494 e. The first-order valence-corrected chi connectivity index (χ1v) is 16.8. The van der Waals surface area contributed by atoms with Gasteiger partial charge in [0, 0.05) is 48.0 Å². The van der Waals surface area contributed by atoms with Crippen LogP contribution in [0.5, 0.6) is 5.75 Å². The Hall–Kier alpha value is -2.30. The molecule has 1 N–H and O–H groups in total. The Morgan fingerprint density at radius 1 is 1.21 bits per heavy atom. The number of aliphatic hydroxyl groups excluding tert-OH is 1. The number of ether oxygens (including phenoxy) is 1. The summed E-state index contributed by atoms with van der Waals surface area (Å²) in [5.41, 5.74) is 0.706. The van der Waals surface area contributed by atoms with Gasteiger partial charge < -0.3 is 24.5 Å². The van der Waals surface area contributed by atoms with Crippen molar-refractivity contribution >= 4 is 51.1 Å². The van der Waals surface area contributed by atoms with E-state index in [-0.39, 0.29) is 47.0 Å². The number of carbonyl (C=O) groups excluding carboxylic acids is 3. The minimum Gasteiger partial charge on any atom is -0.494 e. The molecule has 3 aliphatic heterocycles. The molecule has 4 unspecified atom stereocenters. The van der Waals surface area contributed by atoms with Crippen molar-refractivity contribution in [3.05, 3.63) is 49.6 Å². The van der Waals surface area contributed by atoms with Gasteiger partial charge in [-0.05, 0) is 57.4 Å². The molecule has 230 valence electrons. The number of likely N-dealkylation sites (tertiary alicyclic amines) is 1. The molecule has 3 heterocycles. The number of rotatable bonds is 15. The van der Waals surface area contributed by atoms with Gasteiger partial charge in [-0.15, -0.1) is 24.9 Å². The van der Waals surface area contributed by atoms with Crippen LogP contribution in [-0.2, 0) is 14.4 Å². The summed E-state index contributed by atoms with van der Waals surface area (Å²) in [6.45, 7) is 15.2. The number of fused-ring (bicyclic) bond motifs is 1. The highest BCUT2D eigenvalue weighted by Crippen LogP contribution is 2.68. The molecule has 4 rings (SSSR count). The summed E-state index contributed by atoms with van der Waals surface area (Å²) in [5, 5.41) is 9.52. The van der Waals surface area contributed by atoms with E-state index in [1.807, 2.05) is 43.0 Å². The van der Waals surface area contributed by atoms with Crippen molar-refractivity contribution in [1.82, 2.24) is 9.80 Å². The zero-order valence-electron chi connectivity index (χ0n) is 24.9. The second-order valence-electron chi connectivity index (χ2n) is 11.4. The number of thioether (sulfide) groups is 1. The first kappa shape index (κ1) is 32.6. The molecule has 0 aromatic heterocycles. The topological polar surface area (TPSA) is 90.4 Å². The maximum absolute atomic E-state index is 14.5. The van der Waals surface area contributed by atoms with Crippen LogP contribution in [0, 0.1) is 11.8 Å². The molecule has 3 aliphatic rings. The Balaban J connectivity index is 1.75. The number of nitrogens with zero attached hydrogens (tertiary/aromatic N) is 3. The van der Waals surface area contributed by atoms with Gasteiger partial charge in [-0.2, -0.15) is 0 Å². The summed E-state index contributed by atoms with van der Waals surface area (Å²) in [6.07, 6.45) is 6.16. The van der Waals surface area contributed by atoms with E-state index >= 15 is 0 Å². The third-order valence-corrected chi connectivity index (χ3v) is 12.0. The van der Waals surface area contributed by atoms with Gasteiger partial charge in [-0.3, -0.25) is 14.4 Å². The molecule has 10 heteroatoms.